The fraction of sp³-hybridized carbons (Fsp3) is 1.00. The molecule has 1 aliphatic carbocycles. The molecule has 1 unspecified atom stereocenters. The summed E-state index contributed by atoms with van der Waals surface area (Å²) in [6.45, 7) is 4.24. The summed E-state index contributed by atoms with van der Waals surface area (Å²) >= 11 is 0. The quantitative estimate of drug-likeness (QED) is 0.749. The SMILES string of the molecule is CN1CCNC2COCC[C@H]2[C@@H]1C1CCCC1. The molecule has 0 radical (unpaired) electrons. The van der Waals surface area contributed by atoms with Gasteiger partial charge in [-0.05, 0) is 38.1 Å². The molecule has 2 aliphatic heterocycles. The van der Waals surface area contributed by atoms with E-state index in [0.717, 1.165) is 37.6 Å². The third kappa shape index (κ3) is 2.38. The van der Waals surface area contributed by atoms with Crippen molar-refractivity contribution >= 4 is 0 Å². The Morgan fingerprint density at radius 3 is 2.82 bits per heavy atom. The Balaban J connectivity index is 1.78. The van der Waals surface area contributed by atoms with Gasteiger partial charge in [0.1, 0.15) is 0 Å². The van der Waals surface area contributed by atoms with Gasteiger partial charge < -0.3 is 15.0 Å². The summed E-state index contributed by atoms with van der Waals surface area (Å²) in [5, 5.41) is 3.70. The fourth-order valence-corrected chi connectivity index (χ4v) is 4.28. The first kappa shape index (κ1) is 11.9. The predicted molar refractivity (Wildman–Crippen MR) is 69.1 cm³/mol. The normalized spacial score (nSPS) is 41.1. The van der Waals surface area contributed by atoms with Crippen LogP contribution in [0.25, 0.3) is 0 Å². The van der Waals surface area contributed by atoms with Crippen molar-refractivity contribution < 1.29 is 4.74 Å². The van der Waals surface area contributed by atoms with Crippen molar-refractivity contribution in [2.45, 2.75) is 44.2 Å². The molecule has 0 spiro atoms. The van der Waals surface area contributed by atoms with Gasteiger partial charge in [0.2, 0.25) is 0 Å². The van der Waals surface area contributed by atoms with Crippen LogP contribution in [0.3, 0.4) is 0 Å². The number of ether oxygens (including phenoxy) is 1. The van der Waals surface area contributed by atoms with Crippen molar-refractivity contribution in [3.8, 4) is 0 Å². The van der Waals surface area contributed by atoms with Gasteiger partial charge in [0.15, 0.2) is 0 Å². The summed E-state index contributed by atoms with van der Waals surface area (Å²) in [6, 6.07) is 1.42. The van der Waals surface area contributed by atoms with Gasteiger partial charge in [-0.2, -0.15) is 0 Å². The van der Waals surface area contributed by atoms with Crippen LogP contribution >= 0.6 is 0 Å². The predicted octanol–water partition coefficient (Wildman–Crippen LogP) is 1.49. The van der Waals surface area contributed by atoms with Gasteiger partial charge in [-0.15, -0.1) is 0 Å². The van der Waals surface area contributed by atoms with Crippen molar-refractivity contribution in [3.05, 3.63) is 0 Å². The second kappa shape index (κ2) is 5.25. The molecule has 0 aromatic rings. The van der Waals surface area contributed by atoms with Crippen molar-refractivity contribution in [1.82, 2.24) is 10.2 Å². The summed E-state index contributed by atoms with van der Waals surface area (Å²) in [7, 11) is 2.34. The molecule has 3 atom stereocenters. The summed E-state index contributed by atoms with van der Waals surface area (Å²) in [4.78, 5) is 2.64. The largest absolute Gasteiger partial charge is 0.380 e. The van der Waals surface area contributed by atoms with Crippen LogP contribution in [-0.2, 0) is 4.74 Å². The smallest absolute Gasteiger partial charge is 0.0622 e. The lowest BCUT2D eigenvalue weighted by Crippen LogP contribution is -2.51. The number of likely N-dealkylation sites (N-methyl/N-ethyl adjacent to an activating group) is 1. The lowest BCUT2D eigenvalue weighted by atomic mass is 9.79. The van der Waals surface area contributed by atoms with E-state index >= 15 is 0 Å². The Morgan fingerprint density at radius 2 is 2.00 bits per heavy atom. The molecule has 3 aliphatic rings. The fourth-order valence-electron chi connectivity index (χ4n) is 4.28. The lowest BCUT2D eigenvalue weighted by Gasteiger charge is -2.41. The molecular weight excluding hydrogens is 212 g/mol. The van der Waals surface area contributed by atoms with Crippen LogP contribution in [0.4, 0.5) is 0 Å². The molecule has 0 aromatic heterocycles. The molecule has 3 nitrogen and oxygen atoms in total. The summed E-state index contributed by atoms with van der Waals surface area (Å²) < 4.78 is 5.66. The highest BCUT2D eigenvalue weighted by molar-refractivity contribution is 4.96. The Bertz CT molecular complexity index is 253. The topological polar surface area (TPSA) is 24.5 Å². The molecule has 17 heavy (non-hydrogen) atoms. The highest BCUT2D eigenvalue weighted by Crippen LogP contribution is 2.37. The van der Waals surface area contributed by atoms with Crippen molar-refractivity contribution in [2.24, 2.45) is 11.8 Å². The molecule has 98 valence electrons. The van der Waals surface area contributed by atoms with Gasteiger partial charge in [-0.3, -0.25) is 0 Å². The van der Waals surface area contributed by atoms with E-state index in [4.69, 9.17) is 4.74 Å². The van der Waals surface area contributed by atoms with E-state index < -0.39 is 0 Å². The maximum Gasteiger partial charge on any atom is 0.0622 e. The van der Waals surface area contributed by atoms with Crippen LogP contribution in [0.1, 0.15) is 32.1 Å². The number of nitrogens with zero attached hydrogens (tertiary/aromatic N) is 1. The minimum absolute atomic E-state index is 0.610. The van der Waals surface area contributed by atoms with E-state index in [1.807, 2.05) is 0 Å². The van der Waals surface area contributed by atoms with Crippen LogP contribution < -0.4 is 5.32 Å². The first-order valence-corrected chi connectivity index (χ1v) is 7.37. The van der Waals surface area contributed by atoms with E-state index in [0.29, 0.717) is 6.04 Å². The first-order chi connectivity index (χ1) is 8.36. The monoisotopic (exact) mass is 238 g/mol. The summed E-state index contributed by atoms with van der Waals surface area (Å²) in [6.07, 6.45) is 7.08. The zero-order valence-electron chi connectivity index (χ0n) is 11.0. The Labute approximate surface area is 105 Å². The first-order valence-electron chi connectivity index (χ1n) is 7.37. The number of rotatable bonds is 1. The molecule has 0 bridgehead atoms. The molecule has 1 N–H and O–H groups in total. The van der Waals surface area contributed by atoms with E-state index in [-0.39, 0.29) is 0 Å². The maximum atomic E-state index is 5.66. The standard InChI is InChI=1S/C14H26N2O/c1-16-8-7-15-13-10-17-9-6-12(13)14(16)11-4-2-3-5-11/h11-15H,2-10H2,1H3/t12-,13?,14+/m1/s1. The molecule has 2 heterocycles. The second-order valence-electron chi connectivity index (χ2n) is 6.10. The number of hydrogen-bond donors (Lipinski definition) is 1. The average Bonchev–Trinajstić information content (AvgIpc) is 2.80. The van der Waals surface area contributed by atoms with Gasteiger partial charge in [0.25, 0.3) is 0 Å². The van der Waals surface area contributed by atoms with Gasteiger partial charge in [-0.25, -0.2) is 0 Å². The van der Waals surface area contributed by atoms with Crippen LogP contribution in [0.15, 0.2) is 0 Å². The Morgan fingerprint density at radius 1 is 1.18 bits per heavy atom. The van der Waals surface area contributed by atoms with E-state index in [2.05, 4.69) is 17.3 Å². The van der Waals surface area contributed by atoms with E-state index in [1.165, 1.54) is 38.6 Å². The molecule has 3 rings (SSSR count). The van der Waals surface area contributed by atoms with Crippen LogP contribution in [-0.4, -0.2) is 50.3 Å². The molecule has 1 saturated carbocycles. The zero-order valence-corrected chi connectivity index (χ0v) is 11.0. The van der Waals surface area contributed by atoms with Crippen molar-refractivity contribution in [3.63, 3.8) is 0 Å². The molecule has 0 aromatic carbocycles. The summed E-state index contributed by atoms with van der Waals surface area (Å²) in [5.74, 6) is 1.77. The van der Waals surface area contributed by atoms with Gasteiger partial charge >= 0.3 is 0 Å². The number of fused-ring (bicyclic) bond motifs is 1. The molecule has 3 heteroatoms. The van der Waals surface area contributed by atoms with Crippen molar-refractivity contribution in [2.75, 3.05) is 33.4 Å². The minimum atomic E-state index is 0.610. The highest BCUT2D eigenvalue weighted by Gasteiger charge is 2.40. The second-order valence-corrected chi connectivity index (χ2v) is 6.10. The van der Waals surface area contributed by atoms with Gasteiger partial charge in [0.05, 0.1) is 6.61 Å². The highest BCUT2D eigenvalue weighted by atomic mass is 16.5. The van der Waals surface area contributed by atoms with Crippen LogP contribution in [0.5, 0.6) is 0 Å². The lowest BCUT2D eigenvalue weighted by molar-refractivity contribution is 0.00312. The Kier molecular flexibility index (Phi) is 3.69. The van der Waals surface area contributed by atoms with E-state index in [1.54, 1.807) is 0 Å². The van der Waals surface area contributed by atoms with Crippen molar-refractivity contribution in [1.29, 1.82) is 0 Å². The molecule has 3 fully saturated rings. The molecular formula is C14H26N2O. The average molecular weight is 238 g/mol. The zero-order chi connectivity index (χ0) is 11.7. The van der Waals surface area contributed by atoms with Crippen LogP contribution in [0.2, 0.25) is 0 Å². The van der Waals surface area contributed by atoms with Gasteiger partial charge in [-0.1, -0.05) is 12.8 Å². The molecule has 2 saturated heterocycles. The Hall–Kier alpha value is -0.120. The maximum absolute atomic E-state index is 5.66. The molecule has 0 amide bonds. The third-order valence-electron chi connectivity index (χ3n) is 5.11. The number of hydrogen-bond acceptors (Lipinski definition) is 3. The minimum Gasteiger partial charge on any atom is -0.380 e. The number of nitrogens with one attached hydrogen (secondary N) is 1. The van der Waals surface area contributed by atoms with Crippen LogP contribution in [0, 0.1) is 11.8 Å². The van der Waals surface area contributed by atoms with E-state index in [9.17, 15) is 0 Å². The third-order valence-corrected chi connectivity index (χ3v) is 5.11. The van der Waals surface area contributed by atoms with Gasteiger partial charge in [0, 0.05) is 31.8 Å². The summed E-state index contributed by atoms with van der Waals surface area (Å²) in [5.41, 5.74) is 0.